The first-order valence-corrected chi connectivity index (χ1v) is 4.30. The van der Waals surface area contributed by atoms with Crippen LogP contribution in [0.2, 0.25) is 0 Å². The monoisotopic (exact) mass is 256 g/mol. The Morgan fingerprint density at radius 3 is 2.65 bits per heavy atom. The van der Waals surface area contributed by atoms with Crippen LogP contribution < -0.4 is 4.74 Å². The molecule has 0 unspecified atom stereocenters. The molecule has 0 saturated carbocycles. The molecule has 1 N–H and O–H groups in total. The average molecular weight is 256 g/mol. The van der Waals surface area contributed by atoms with Crippen molar-refractivity contribution >= 4 is 5.97 Å². The van der Waals surface area contributed by atoms with Gasteiger partial charge >= 0.3 is 18.3 Å². The summed E-state index contributed by atoms with van der Waals surface area (Å²) < 4.78 is 53.9. The second-order valence-corrected chi connectivity index (χ2v) is 3.15. The van der Waals surface area contributed by atoms with Crippen LogP contribution in [0, 0.1) is 0 Å². The summed E-state index contributed by atoms with van der Waals surface area (Å²) in [6.07, 6.45) is -3.85. The molecule has 0 spiro atoms. The number of aryl methyl sites for hydroxylation is 1. The zero-order valence-corrected chi connectivity index (χ0v) is 8.53. The van der Waals surface area contributed by atoms with Crippen molar-refractivity contribution < 1.29 is 32.2 Å². The summed E-state index contributed by atoms with van der Waals surface area (Å²) in [6.45, 7) is -1.55. The zero-order valence-electron chi connectivity index (χ0n) is 8.53. The average Bonchev–Trinajstić information content (AvgIpc) is 2.57. The third-order valence-corrected chi connectivity index (χ3v) is 1.79. The lowest BCUT2D eigenvalue weighted by Crippen LogP contribution is -2.34. The van der Waals surface area contributed by atoms with Gasteiger partial charge in [0, 0.05) is 13.1 Å². The van der Waals surface area contributed by atoms with E-state index in [0.29, 0.717) is 0 Å². The number of carbonyl (C=O) groups is 1. The Balaban J connectivity index is 2.73. The molecule has 0 bridgehead atoms. The van der Waals surface area contributed by atoms with Gasteiger partial charge in [-0.15, -0.1) is 0 Å². The molecule has 96 valence electrons. The van der Waals surface area contributed by atoms with E-state index in [1.54, 1.807) is 0 Å². The van der Waals surface area contributed by atoms with Crippen LogP contribution in [0.4, 0.5) is 17.6 Å². The number of alkyl halides is 4. The lowest BCUT2D eigenvalue weighted by atomic mass is 10.4. The molecule has 1 aromatic heterocycles. The molecular formula is C8H8F4N2O3. The fourth-order valence-corrected chi connectivity index (χ4v) is 0.923. The molecule has 0 aliphatic rings. The van der Waals surface area contributed by atoms with Crippen molar-refractivity contribution in [3.63, 3.8) is 0 Å². The third kappa shape index (κ3) is 3.08. The van der Waals surface area contributed by atoms with Gasteiger partial charge in [-0.25, -0.2) is 18.3 Å². The van der Waals surface area contributed by atoms with E-state index in [0.717, 1.165) is 10.7 Å². The van der Waals surface area contributed by atoms with Crippen molar-refractivity contribution in [1.29, 1.82) is 0 Å². The number of nitrogens with zero attached hydrogens (tertiary/aromatic N) is 2. The number of hydrogen-bond acceptors (Lipinski definition) is 3. The minimum absolute atomic E-state index is 0.331. The Morgan fingerprint density at radius 2 is 2.24 bits per heavy atom. The summed E-state index contributed by atoms with van der Waals surface area (Å²) in [5.41, 5.74) is -0.428. The zero-order chi connectivity index (χ0) is 13.2. The molecule has 0 aliphatic heterocycles. The van der Waals surface area contributed by atoms with E-state index < -0.39 is 30.6 Å². The Kier molecular flexibility index (Phi) is 3.59. The summed E-state index contributed by atoms with van der Waals surface area (Å²) in [6, 6.07) is 0.865. The van der Waals surface area contributed by atoms with Gasteiger partial charge in [0.2, 0.25) is 5.88 Å². The first-order valence-electron chi connectivity index (χ1n) is 4.30. The van der Waals surface area contributed by atoms with E-state index in [4.69, 9.17) is 5.11 Å². The Hall–Kier alpha value is -1.80. The lowest BCUT2D eigenvalue weighted by molar-refractivity contribution is -0.149. The Morgan fingerprint density at radius 1 is 1.65 bits per heavy atom. The van der Waals surface area contributed by atoms with Gasteiger partial charge in [0.15, 0.2) is 12.3 Å². The number of carboxylic acids is 1. The van der Waals surface area contributed by atoms with Gasteiger partial charge < -0.3 is 9.84 Å². The predicted octanol–water partition coefficient (Wildman–Crippen LogP) is 1.40. The maximum atomic E-state index is 12.5. The van der Waals surface area contributed by atoms with E-state index in [2.05, 4.69) is 9.84 Å². The smallest absolute Gasteiger partial charge is 0.356 e. The first kappa shape index (κ1) is 13.3. The molecule has 0 saturated heterocycles. The fraction of sp³-hybridized carbons (Fsp3) is 0.500. The van der Waals surface area contributed by atoms with Crippen LogP contribution in [0.15, 0.2) is 6.07 Å². The van der Waals surface area contributed by atoms with Crippen LogP contribution >= 0.6 is 0 Å². The number of ether oxygens (including phenoxy) is 1. The summed E-state index contributed by atoms with van der Waals surface area (Å²) >= 11 is 0. The highest BCUT2D eigenvalue weighted by Crippen LogP contribution is 2.24. The second-order valence-electron chi connectivity index (χ2n) is 3.15. The van der Waals surface area contributed by atoms with Crippen molar-refractivity contribution in [3.8, 4) is 5.88 Å². The number of carboxylic acid groups (broad SMARTS) is 1. The SMILES string of the molecule is Cn1nc(C(=O)O)cc1OCC(F)(F)C(F)F. The second kappa shape index (κ2) is 4.60. The molecule has 0 fully saturated rings. The van der Waals surface area contributed by atoms with Crippen molar-refractivity contribution in [3.05, 3.63) is 11.8 Å². The van der Waals surface area contributed by atoms with Gasteiger partial charge in [0.25, 0.3) is 0 Å². The van der Waals surface area contributed by atoms with Crippen LogP contribution in [-0.2, 0) is 7.05 Å². The largest absolute Gasteiger partial charge is 0.476 e. The molecule has 1 heterocycles. The minimum atomic E-state index is -4.30. The van der Waals surface area contributed by atoms with Gasteiger partial charge in [0.05, 0.1) is 0 Å². The quantitative estimate of drug-likeness (QED) is 0.809. The highest BCUT2D eigenvalue weighted by molar-refractivity contribution is 5.85. The molecule has 0 radical (unpaired) electrons. The van der Waals surface area contributed by atoms with E-state index in [-0.39, 0.29) is 5.88 Å². The number of rotatable bonds is 5. The van der Waals surface area contributed by atoms with Gasteiger partial charge in [-0.05, 0) is 0 Å². The highest BCUT2D eigenvalue weighted by atomic mass is 19.3. The number of aromatic carboxylic acids is 1. The molecule has 9 heteroatoms. The van der Waals surface area contributed by atoms with Gasteiger partial charge in [-0.1, -0.05) is 0 Å². The van der Waals surface area contributed by atoms with Crippen LogP contribution in [0.3, 0.4) is 0 Å². The van der Waals surface area contributed by atoms with Crippen molar-refractivity contribution in [2.75, 3.05) is 6.61 Å². The first-order chi connectivity index (χ1) is 7.74. The van der Waals surface area contributed by atoms with Crippen LogP contribution in [0.1, 0.15) is 10.5 Å². The van der Waals surface area contributed by atoms with Gasteiger partial charge in [-0.3, -0.25) is 0 Å². The van der Waals surface area contributed by atoms with Crippen LogP contribution in [0.25, 0.3) is 0 Å². The Bertz CT molecular complexity index is 419. The van der Waals surface area contributed by atoms with Crippen molar-refractivity contribution in [2.24, 2.45) is 7.05 Å². The van der Waals surface area contributed by atoms with Crippen LogP contribution in [0.5, 0.6) is 5.88 Å². The summed E-state index contributed by atoms with van der Waals surface area (Å²) in [5.74, 6) is -6.01. The molecule has 17 heavy (non-hydrogen) atoms. The number of hydrogen-bond donors (Lipinski definition) is 1. The number of aromatic nitrogens is 2. The van der Waals surface area contributed by atoms with Gasteiger partial charge in [-0.2, -0.15) is 13.9 Å². The molecule has 0 aromatic carbocycles. The molecule has 0 aliphatic carbocycles. The molecule has 0 atom stereocenters. The maximum Gasteiger partial charge on any atom is 0.356 e. The summed E-state index contributed by atoms with van der Waals surface area (Å²) in [5, 5.41) is 12.0. The molecule has 1 rings (SSSR count). The third-order valence-electron chi connectivity index (χ3n) is 1.79. The van der Waals surface area contributed by atoms with E-state index >= 15 is 0 Å². The number of halogens is 4. The Labute approximate surface area is 92.6 Å². The van der Waals surface area contributed by atoms with E-state index in [9.17, 15) is 22.4 Å². The van der Waals surface area contributed by atoms with E-state index in [1.807, 2.05) is 0 Å². The predicted molar refractivity (Wildman–Crippen MR) is 46.6 cm³/mol. The highest BCUT2D eigenvalue weighted by Gasteiger charge is 2.42. The molecular weight excluding hydrogens is 248 g/mol. The fourth-order valence-electron chi connectivity index (χ4n) is 0.923. The molecule has 0 amide bonds. The van der Waals surface area contributed by atoms with Crippen molar-refractivity contribution in [1.82, 2.24) is 9.78 Å². The summed E-state index contributed by atoms with van der Waals surface area (Å²) in [4.78, 5) is 10.5. The van der Waals surface area contributed by atoms with Crippen LogP contribution in [-0.4, -0.2) is 39.8 Å². The normalized spacial score (nSPS) is 11.9. The minimum Gasteiger partial charge on any atom is -0.476 e. The summed E-state index contributed by atoms with van der Waals surface area (Å²) in [7, 11) is 1.24. The van der Waals surface area contributed by atoms with Crippen molar-refractivity contribution in [2.45, 2.75) is 12.3 Å². The lowest BCUT2D eigenvalue weighted by Gasteiger charge is -2.15. The van der Waals surface area contributed by atoms with Gasteiger partial charge in [0.1, 0.15) is 0 Å². The molecule has 5 nitrogen and oxygen atoms in total. The standard InChI is InChI=1S/C8H8F4N2O3/c1-14-5(2-4(13-14)6(15)16)17-3-8(11,12)7(9)10/h2,7H,3H2,1H3,(H,15,16). The molecule has 1 aromatic rings. The maximum absolute atomic E-state index is 12.5. The van der Waals surface area contributed by atoms with E-state index in [1.165, 1.54) is 7.05 Å². The topological polar surface area (TPSA) is 64.4 Å².